The Morgan fingerprint density at radius 2 is 1.87 bits per heavy atom. The molecule has 4 aliphatic rings. The van der Waals surface area contributed by atoms with Gasteiger partial charge in [0.2, 0.25) is 0 Å². The molecule has 0 spiro atoms. The Kier molecular flexibility index (Phi) is 5.36. The summed E-state index contributed by atoms with van der Waals surface area (Å²) in [6, 6.07) is 0. The second-order valence-corrected chi connectivity index (χ2v) is 11.6. The van der Waals surface area contributed by atoms with E-state index in [4.69, 9.17) is 4.74 Å². The predicted octanol–water partition coefficient (Wildman–Crippen LogP) is 5.37. The highest BCUT2D eigenvalue weighted by molar-refractivity contribution is 5.82. The fourth-order valence-corrected chi connectivity index (χ4v) is 8.93. The van der Waals surface area contributed by atoms with Crippen LogP contribution >= 0.6 is 0 Å². The number of hydrogen-bond donors (Lipinski definition) is 0. The van der Waals surface area contributed by atoms with Crippen LogP contribution in [0, 0.1) is 46.3 Å². The molecule has 4 saturated carbocycles. The van der Waals surface area contributed by atoms with Crippen molar-refractivity contribution < 1.29 is 9.53 Å². The van der Waals surface area contributed by atoms with Crippen molar-refractivity contribution in [1.82, 2.24) is 9.55 Å². The number of aromatic nitrogens is 2. The third kappa shape index (κ3) is 3.20. The van der Waals surface area contributed by atoms with Gasteiger partial charge in [-0.3, -0.25) is 4.79 Å². The molecule has 0 aromatic carbocycles. The summed E-state index contributed by atoms with van der Waals surface area (Å²) in [5.41, 5.74) is 0.739. The highest BCUT2D eigenvalue weighted by Crippen LogP contribution is 2.67. The molecule has 8 atom stereocenters. The molecule has 4 nitrogen and oxygen atoms in total. The summed E-state index contributed by atoms with van der Waals surface area (Å²) in [5, 5.41) is 0. The van der Waals surface area contributed by atoms with Gasteiger partial charge in [0, 0.05) is 32.0 Å². The Hall–Kier alpha value is -1.16. The highest BCUT2D eigenvalue weighted by atomic mass is 16.5. The number of hydrogen-bond acceptors (Lipinski definition) is 3. The molecule has 5 rings (SSSR count). The first kappa shape index (κ1) is 20.7. The van der Waals surface area contributed by atoms with Crippen LogP contribution in [0.1, 0.15) is 71.6 Å². The molecule has 30 heavy (non-hydrogen) atoms. The van der Waals surface area contributed by atoms with Crippen LogP contribution in [0.25, 0.3) is 0 Å². The van der Waals surface area contributed by atoms with Crippen molar-refractivity contribution >= 4 is 5.78 Å². The zero-order valence-electron chi connectivity index (χ0n) is 19.2. The molecule has 0 aliphatic heterocycles. The van der Waals surface area contributed by atoms with Gasteiger partial charge in [0.15, 0.2) is 5.78 Å². The normalized spacial score (nSPS) is 45.4. The first-order valence-electron chi connectivity index (χ1n) is 12.4. The Balaban J connectivity index is 1.32. The van der Waals surface area contributed by atoms with Crippen molar-refractivity contribution in [2.45, 2.75) is 78.2 Å². The maximum Gasteiger partial charge on any atom is 0.156 e. The van der Waals surface area contributed by atoms with Crippen molar-refractivity contribution in [1.29, 1.82) is 0 Å². The van der Waals surface area contributed by atoms with E-state index >= 15 is 0 Å². The summed E-state index contributed by atoms with van der Waals surface area (Å²) in [6.45, 7) is 6.56. The van der Waals surface area contributed by atoms with Crippen molar-refractivity contribution in [3.8, 4) is 0 Å². The second kappa shape index (κ2) is 7.76. The number of carbonyl (C=O) groups excluding carboxylic acids is 1. The molecule has 1 heterocycles. The first-order chi connectivity index (χ1) is 14.5. The van der Waals surface area contributed by atoms with E-state index in [9.17, 15) is 4.79 Å². The van der Waals surface area contributed by atoms with E-state index in [0.717, 1.165) is 42.6 Å². The van der Waals surface area contributed by atoms with Crippen molar-refractivity contribution in [3.05, 3.63) is 18.7 Å². The number of imidazole rings is 1. The number of methoxy groups -OCH3 is 1. The summed E-state index contributed by atoms with van der Waals surface area (Å²) in [4.78, 5) is 17.4. The molecule has 0 radical (unpaired) electrons. The summed E-state index contributed by atoms with van der Waals surface area (Å²) in [5.74, 6) is 4.82. The van der Waals surface area contributed by atoms with Crippen molar-refractivity contribution in [3.63, 3.8) is 0 Å². The second-order valence-electron chi connectivity index (χ2n) is 11.6. The lowest BCUT2D eigenvalue weighted by atomic mass is 9.44. The van der Waals surface area contributed by atoms with Crippen LogP contribution in [0.2, 0.25) is 0 Å². The number of fused-ring (bicyclic) bond motifs is 5. The number of ether oxygens (including phenoxy) is 1. The Labute approximate surface area is 182 Å². The van der Waals surface area contributed by atoms with Crippen LogP contribution in [0.5, 0.6) is 0 Å². The van der Waals surface area contributed by atoms with Gasteiger partial charge < -0.3 is 9.30 Å². The van der Waals surface area contributed by atoms with Gasteiger partial charge in [-0.2, -0.15) is 0 Å². The molecule has 1 aromatic rings. The first-order valence-corrected chi connectivity index (χ1v) is 12.4. The number of carbonyl (C=O) groups is 1. The van der Waals surface area contributed by atoms with E-state index in [2.05, 4.69) is 18.8 Å². The van der Waals surface area contributed by atoms with E-state index in [0.29, 0.717) is 17.7 Å². The maximum atomic E-state index is 13.3. The topological polar surface area (TPSA) is 44.1 Å². The smallest absolute Gasteiger partial charge is 0.156 e. The van der Waals surface area contributed by atoms with Gasteiger partial charge in [-0.05, 0) is 98.2 Å². The van der Waals surface area contributed by atoms with Crippen LogP contribution < -0.4 is 0 Å². The summed E-state index contributed by atoms with van der Waals surface area (Å²) < 4.78 is 7.46. The molecular formula is C26H40N2O2. The minimum absolute atomic E-state index is 0.218. The van der Waals surface area contributed by atoms with E-state index in [1.165, 1.54) is 51.4 Å². The zero-order chi connectivity index (χ0) is 20.9. The number of nitrogens with zero attached hydrogens (tertiary/aromatic N) is 2. The standard InChI is InChI=1S/C26H40N2O2/c1-25-10-8-18(16-30-3)14-19(25)4-5-20-21-6-7-23(26(21,2)11-9-22(20)25)24(29)15-28-13-12-27-17-28/h12-13,17-23H,4-11,14-16H2,1-3H3/t18-,19?,20?,21?,22?,23+,25-,26-/m0/s1. The maximum absolute atomic E-state index is 13.3. The van der Waals surface area contributed by atoms with Crippen LogP contribution in [0.4, 0.5) is 0 Å². The molecule has 4 heteroatoms. The van der Waals surface area contributed by atoms with Gasteiger partial charge in [0.1, 0.15) is 0 Å². The molecule has 0 bridgehead atoms. The monoisotopic (exact) mass is 412 g/mol. The minimum atomic E-state index is 0.218. The Morgan fingerprint density at radius 1 is 1.07 bits per heavy atom. The third-order valence-electron chi connectivity index (χ3n) is 10.5. The lowest BCUT2D eigenvalue weighted by Gasteiger charge is -2.61. The third-order valence-corrected chi connectivity index (χ3v) is 10.5. The number of Topliss-reactive ketones (excluding diaryl/α,β-unsaturated/α-hetero) is 1. The van der Waals surface area contributed by atoms with Gasteiger partial charge in [0.25, 0.3) is 0 Å². The lowest BCUT2D eigenvalue weighted by Crippen LogP contribution is -2.54. The molecule has 1 aromatic heterocycles. The quantitative estimate of drug-likeness (QED) is 0.653. The largest absolute Gasteiger partial charge is 0.384 e. The van der Waals surface area contributed by atoms with Gasteiger partial charge >= 0.3 is 0 Å². The Bertz CT molecular complexity index is 761. The van der Waals surface area contributed by atoms with Crippen molar-refractivity contribution in [2.24, 2.45) is 46.3 Å². The molecule has 0 N–H and O–H groups in total. The van der Waals surface area contributed by atoms with E-state index in [1.54, 1.807) is 12.5 Å². The molecule has 0 amide bonds. The lowest BCUT2D eigenvalue weighted by molar-refractivity contribution is -0.138. The molecule has 166 valence electrons. The van der Waals surface area contributed by atoms with E-state index < -0.39 is 0 Å². The average Bonchev–Trinajstić information content (AvgIpc) is 3.35. The fraction of sp³-hybridized carbons (Fsp3) is 0.846. The van der Waals surface area contributed by atoms with Crippen LogP contribution in [0.3, 0.4) is 0 Å². The molecule has 4 unspecified atom stereocenters. The fourth-order valence-electron chi connectivity index (χ4n) is 8.93. The van der Waals surface area contributed by atoms with Crippen molar-refractivity contribution in [2.75, 3.05) is 13.7 Å². The van der Waals surface area contributed by atoms with Crippen LogP contribution in [-0.2, 0) is 16.1 Å². The molecule has 0 saturated heterocycles. The number of rotatable bonds is 5. The van der Waals surface area contributed by atoms with E-state index in [1.807, 2.05) is 17.9 Å². The summed E-state index contributed by atoms with van der Waals surface area (Å²) >= 11 is 0. The number of ketones is 1. The SMILES string of the molecule is COC[C@H]1CC[C@@]2(C)C(CCC3C2CC[C@@]2(C)C3CC[C@@H]2C(=O)Cn2ccnc2)C1. The molecule has 4 fully saturated rings. The Morgan fingerprint density at radius 3 is 2.63 bits per heavy atom. The molecule has 4 aliphatic carbocycles. The summed E-state index contributed by atoms with van der Waals surface area (Å²) in [6.07, 6.45) is 17.4. The van der Waals surface area contributed by atoms with Gasteiger partial charge in [-0.15, -0.1) is 0 Å². The minimum Gasteiger partial charge on any atom is -0.384 e. The van der Waals surface area contributed by atoms with Gasteiger partial charge in [-0.25, -0.2) is 4.98 Å². The summed E-state index contributed by atoms with van der Waals surface area (Å²) in [7, 11) is 1.86. The predicted molar refractivity (Wildman–Crippen MR) is 118 cm³/mol. The van der Waals surface area contributed by atoms with Crippen LogP contribution in [0.15, 0.2) is 18.7 Å². The molecular weight excluding hydrogens is 372 g/mol. The average molecular weight is 413 g/mol. The van der Waals surface area contributed by atoms with Gasteiger partial charge in [-0.1, -0.05) is 13.8 Å². The van der Waals surface area contributed by atoms with Gasteiger partial charge in [0.05, 0.1) is 12.9 Å². The van der Waals surface area contributed by atoms with Crippen LogP contribution in [-0.4, -0.2) is 29.1 Å². The van der Waals surface area contributed by atoms with E-state index in [-0.39, 0.29) is 11.3 Å². The highest BCUT2D eigenvalue weighted by Gasteiger charge is 2.61. The zero-order valence-corrected chi connectivity index (χ0v) is 19.2.